The number of nitrogens with zero attached hydrogens (tertiary/aromatic N) is 1. The summed E-state index contributed by atoms with van der Waals surface area (Å²) in [6.45, 7) is 0. The third-order valence-corrected chi connectivity index (χ3v) is 7.02. The fourth-order valence-corrected chi connectivity index (χ4v) is 6.25. The molecule has 5 rings (SSSR count). The molecule has 2 bridgehead atoms. The summed E-state index contributed by atoms with van der Waals surface area (Å²) in [5.74, 6) is 4.20. The van der Waals surface area contributed by atoms with E-state index < -0.39 is 0 Å². The molecule has 3 fully saturated rings. The lowest BCUT2D eigenvalue weighted by Crippen LogP contribution is -2.18. The topological polar surface area (TPSA) is 33.1 Å². The fraction of sp³-hybridized carbons (Fsp3) is 0.588. The van der Waals surface area contributed by atoms with Crippen molar-refractivity contribution >= 4 is 21.6 Å². The number of hydrogen-bond donors (Lipinski definition) is 1. The lowest BCUT2D eigenvalue weighted by Gasteiger charge is -2.13. The first-order valence-corrected chi connectivity index (χ1v) is 8.65. The van der Waals surface area contributed by atoms with Crippen molar-refractivity contribution in [2.45, 2.75) is 31.8 Å². The zero-order valence-corrected chi connectivity index (χ0v) is 12.2. The van der Waals surface area contributed by atoms with Crippen LogP contribution in [0.15, 0.2) is 24.3 Å². The summed E-state index contributed by atoms with van der Waals surface area (Å²) in [5, 5.41) is 11.7. The zero-order valence-electron chi connectivity index (χ0n) is 11.4. The molecule has 0 saturated heterocycles. The highest BCUT2D eigenvalue weighted by atomic mass is 32.1. The third kappa shape index (κ3) is 1.57. The highest BCUT2D eigenvalue weighted by Crippen LogP contribution is 2.70. The smallest absolute Gasteiger partial charge is 0.0964 e. The minimum atomic E-state index is -0.158. The predicted octanol–water partition coefficient (Wildman–Crippen LogP) is 3.49. The molecule has 3 heteroatoms. The van der Waals surface area contributed by atoms with E-state index in [1.807, 2.05) is 6.07 Å². The Bertz CT molecular complexity index is 617. The van der Waals surface area contributed by atoms with E-state index in [1.54, 1.807) is 11.3 Å². The third-order valence-electron chi connectivity index (χ3n) is 5.96. The normalized spacial score (nSPS) is 39.1. The summed E-state index contributed by atoms with van der Waals surface area (Å²) in [6, 6.07) is 8.28. The molecule has 0 radical (unpaired) electrons. The molecule has 104 valence electrons. The number of rotatable bonds is 3. The fourth-order valence-electron chi connectivity index (χ4n) is 5.23. The molecule has 0 spiro atoms. The Hall–Kier alpha value is -0.930. The zero-order chi connectivity index (χ0) is 13.3. The number of aliphatic hydroxyl groups excluding tert-OH is 1. The van der Waals surface area contributed by atoms with Gasteiger partial charge in [-0.05, 0) is 61.0 Å². The van der Waals surface area contributed by atoms with Gasteiger partial charge in [-0.2, -0.15) is 0 Å². The first-order valence-electron chi connectivity index (χ1n) is 7.84. The van der Waals surface area contributed by atoms with Crippen molar-refractivity contribution in [1.82, 2.24) is 4.98 Å². The van der Waals surface area contributed by atoms with Crippen LogP contribution in [0, 0.1) is 29.6 Å². The standard InChI is InChI=1S/C17H19NOS/c19-12(17-15-9-5-6-10(7-9)16(15)17)8-14-18-11-3-1-2-4-13(11)20-14/h1-4,9-10,12,15-17,19H,5-8H2. The van der Waals surface area contributed by atoms with Crippen molar-refractivity contribution in [2.24, 2.45) is 29.6 Å². The van der Waals surface area contributed by atoms with E-state index in [4.69, 9.17) is 0 Å². The summed E-state index contributed by atoms with van der Waals surface area (Å²) in [5.41, 5.74) is 1.08. The van der Waals surface area contributed by atoms with Crippen molar-refractivity contribution in [3.63, 3.8) is 0 Å². The van der Waals surface area contributed by atoms with Gasteiger partial charge in [-0.15, -0.1) is 11.3 Å². The Labute approximate surface area is 122 Å². The molecule has 2 nitrogen and oxygen atoms in total. The SMILES string of the molecule is OC(Cc1nc2ccccc2s1)C1C2C3CCC(C3)C12. The molecule has 5 atom stereocenters. The molecule has 3 saturated carbocycles. The number of aromatic nitrogens is 1. The summed E-state index contributed by atoms with van der Waals surface area (Å²) in [4.78, 5) is 4.67. The van der Waals surface area contributed by atoms with Crippen molar-refractivity contribution in [3.8, 4) is 0 Å². The monoisotopic (exact) mass is 285 g/mol. The average molecular weight is 285 g/mol. The molecule has 3 aliphatic carbocycles. The maximum atomic E-state index is 10.6. The molecular weight excluding hydrogens is 266 g/mol. The van der Waals surface area contributed by atoms with Crippen molar-refractivity contribution < 1.29 is 5.11 Å². The van der Waals surface area contributed by atoms with E-state index in [-0.39, 0.29) is 6.10 Å². The van der Waals surface area contributed by atoms with Gasteiger partial charge in [0.2, 0.25) is 0 Å². The van der Waals surface area contributed by atoms with Gasteiger partial charge in [-0.1, -0.05) is 12.1 Å². The highest BCUT2D eigenvalue weighted by Gasteiger charge is 2.66. The number of aliphatic hydroxyl groups is 1. The van der Waals surface area contributed by atoms with Gasteiger partial charge in [0.15, 0.2) is 0 Å². The molecule has 1 aromatic carbocycles. The van der Waals surface area contributed by atoms with Crippen LogP contribution in [0.5, 0.6) is 0 Å². The molecular formula is C17H19NOS. The highest BCUT2D eigenvalue weighted by molar-refractivity contribution is 7.18. The minimum Gasteiger partial charge on any atom is -0.392 e. The van der Waals surface area contributed by atoms with E-state index in [9.17, 15) is 5.11 Å². The van der Waals surface area contributed by atoms with Crippen LogP contribution in [0.3, 0.4) is 0 Å². The predicted molar refractivity (Wildman–Crippen MR) is 80.6 cm³/mol. The Balaban J connectivity index is 1.34. The molecule has 1 aromatic heterocycles. The number of para-hydroxylation sites is 1. The first kappa shape index (κ1) is 11.7. The Morgan fingerprint density at radius 1 is 1.20 bits per heavy atom. The van der Waals surface area contributed by atoms with E-state index in [1.165, 1.54) is 24.0 Å². The molecule has 0 aliphatic heterocycles. The molecule has 20 heavy (non-hydrogen) atoms. The summed E-state index contributed by atoms with van der Waals surface area (Å²) < 4.78 is 1.24. The molecule has 5 unspecified atom stereocenters. The lowest BCUT2D eigenvalue weighted by atomic mass is 9.97. The van der Waals surface area contributed by atoms with Gasteiger partial charge in [0, 0.05) is 6.42 Å². The van der Waals surface area contributed by atoms with Gasteiger partial charge in [0.25, 0.3) is 0 Å². The van der Waals surface area contributed by atoms with E-state index >= 15 is 0 Å². The molecule has 1 heterocycles. The molecule has 1 N–H and O–H groups in total. The van der Waals surface area contributed by atoms with E-state index in [2.05, 4.69) is 23.2 Å². The van der Waals surface area contributed by atoms with Crippen LogP contribution >= 0.6 is 11.3 Å². The first-order chi connectivity index (χ1) is 9.81. The number of thiazole rings is 1. The number of fused-ring (bicyclic) bond motifs is 6. The van der Waals surface area contributed by atoms with Crippen molar-refractivity contribution in [1.29, 1.82) is 0 Å². The van der Waals surface area contributed by atoms with Gasteiger partial charge < -0.3 is 5.11 Å². The Kier molecular flexibility index (Phi) is 2.37. The van der Waals surface area contributed by atoms with Gasteiger partial charge in [0.1, 0.15) is 0 Å². The summed E-state index contributed by atoms with van der Waals surface area (Å²) in [6.07, 6.45) is 4.91. The molecule has 3 aliphatic rings. The second-order valence-corrected chi connectivity index (χ2v) is 8.03. The second kappa shape index (κ2) is 4.05. The molecule has 2 aromatic rings. The van der Waals surface area contributed by atoms with Crippen LogP contribution in [0.25, 0.3) is 10.2 Å². The minimum absolute atomic E-state index is 0.158. The van der Waals surface area contributed by atoms with Crippen LogP contribution in [-0.4, -0.2) is 16.2 Å². The van der Waals surface area contributed by atoms with Crippen molar-refractivity contribution in [2.75, 3.05) is 0 Å². The van der Waals surface area contributed by atoms with Crippen LogP contribution in [-0.2, 0) is 6.42 Å². The summed E-state index contributed by atoms with van der Waals surface area (Å²) in [7, 11) is 0. The molecule has 0 amide bonds. The van der Waals surface area contributed by atoms with Gasteiger partial charge >= 0.3 is 0 Å². The van der Waals surface area contributed by atoms with Crippen molar-refractivity contribution in [3.05, 3.63) is 29.3 Å². The number of benzene rings is 1. The van der Waals surface area contributed by atoms with Gasteiger partial charge in [-0.25, -0.2) is 4.98 Å². The van der Waals surface area contributed by atoms with Crippen LogP contribution in [0.4, 0.5) is 0 Å². The number of hydrogen-bond acceptors (Lipinski definition) is 3. The van der Waals surface area contributed by atoms with E-state index in [0.29, 0.717) is 5.92 Å². The maximum absolute atomic E-state index is 10.6. The van der Waals surface area contributed by atoms with E-state index in [0.717, 1.165) is 40.6 Å². The summed E-state index contributed by atoms with van der Waals surface area (Å²) >= 11 is 1.74. The van der Waals surface area contributed by atoms with Gasteiger partial charge in [-0.3, -0.25) is 0 Å². The van der Waals surface area contributed by atoms with Crippen LogP contribution in [0.2, 0.25) is 0 Å². The lowest BCUT2D eigenvalue weighted by molar-refractivity contribution is 0.128. The van der Waals surface area contributed by atoms with Crippen LogP contribution < -0.4 is 0 Å². The average Bonchev–Trinajstić information content (AvgIpc) is 2.78. The largest absolute Gasteiger partial charge is 0.392 e. The quantitative estimate of drug-likeness (QED) is 0.936. The van der Waals surface area contributed by atoms with Gasteiger partial charge in [0.05, 0.1) is 21.3 Å². The Morgan fingerprint density at radius 2 is 1.95 bits per heavy atom. The Morgan fingerprint density at radius 3 is 2.70 bits per heavy atom. The van der Waals surface area contributed by atoms with Crippen LogP contribution in [0.1, 0.15) is 24.3 Å². The second-order valence-electron chi connectivity index (χ2n) is 6.91. The maximum Gasteiger partial charge on any atom is 0.0964 e.